The third-order valence-electron chi connectivity index (χ3n) is 9.31. The fraction of sp³-hybridized carbons (Fsp3) is 0.412. The average Bonchev–Trinajstić information content (AvgIpc) is 3.29. The first-order valence-corrected chi connectivity index (χ1v) is 14.7. The van der Waals surface area contributed by atoms with Crippen molar-refractivity contribution in [3.05, 3.63) is 77.7 Å². The van der Waals surface area contributed by atoms with Crippen LogP contribution in [-0.4, -0.2) is 71.7 Å². The molecule has 0 N–H and O–H groups in total. The molecule has 7 nitrogen and oxygen atoms in total. The highest BCUT2D eigenvalue weighted by molar-refractivity contribution is 5.98. The standard InChI is InChI=1S/C34H40N4O3/c1-23-33(26-10-11-31(40-3)32(20-26)41-4)28-21-29(35-22-30(28)36(23)2)24-12-16-37(17-13-24)27-14-18-38(19-15-27)34(39)25-8-6-5-7-9-25/h5-11,20-22,24,27H,12-19H2,1-4H3. The fourth-order valence-corrected chi connectivity index (χ4v) is 6.81. The van der Waals surface area contributed by atoms with Crippen LogP contribution in [-0.2, 0) is 7.05 Å². The van der Waals surface area contributed by atoms with Crippen molar-refractivity contribution in [1.29, 1.82) is 0 Å². The van der Waals surface area contributed by atoms with E-state index in [1.54, 1.807) is 14.2 Å². The van der Waals surface area contributed by atoms with Gasteiger partial charge in [0.15, 0.2) is 11.5 Å². The number of likely N-dealkylation sites (tertiary alicyclic amines) is 2. The molecule has 0 aliphatic carbocycles. The number of carbonyl (C=O) groups is 1. The lowest BCUT2D eigenvalue weighted by molar-refractivity contribution is 0.0577. The Kier molecular flexibility index (Phi) is 7.71. The van der Waals surface area contributed by atoms with Gasteiger partial charge in [0, 0.05) is 60.0 Å². The van der Waals surface area contributed by atoms with E-state index in [9.17, 15) is 4.79 Å². The predicted octanol–water partition coefficient (Wildman–Crippen LogP) is 6.05. The minimum Gasteiger partial charge on any atom is -0.493 e. The van der Waals surface area contributed by atoms with Crippen LogP contribution in [0, 0.1) is 6.92 Å². The molecule has 214 valence electrons. The van der Waals surface area contributed by atoms with Crippen molar-refractivity contribution in [2.45, 2.75) is 44.6 Å². The fourth-order valence-electron chi connectivity index (χ4n) is 6.81. The first kappa shape index (κ1) is 27.3. The number of aromatic nitrogens is 2. The molecule has 2 aromatic carbocycles. The summed E-state index contributed by atoms with van der Waals surface area (Å²) < 4.78 is 13.3. The van der Waals surface area contributed by atoms with Gasteiger partial charge in [-0.25, -0.2) is 0 Å². The molecule has 0 spiro atoms. The van der Waals surface area contributed by atoms with Crippen molar-refractivity contribution < 1.29 is 14.3 Å². The Morgan fingerprint density at radius 2 is 1.59 bits per heavy atom. The molecule has 0 radical (unpaired) electrons. The van der Waals surface area contributed by atoms with Gasteiger partial charge in [-0.15, -0.1) is 0 Å². The van der Waals surface area contributed by atoms with Crippen molar-refractivity contribution in [3.63, 3.8) is 0 Å². The number of piperidine rings is 2. The number of hydrogen-bond acceptors (Lipinski definition) is 5. The van der Waals surface area contributed by atoms with E-state index >= 15 is 0 Å². The van der Waals surface area contributed by atoms with Gasteiger partial charge >= 0.3 is 0 Å². The summed E-state index contributed by atoms with van der Waals surface area (Å²) in [6, 6.07) is 18.7. The zero-order valence-electron chi connectivity index (χ0n) is 24.6. The number of pyridine rings is 1. The van der Waals surface area contributed by atoms with Gasteiger partial charge in [0.1, 0.15) is 0 Å². The van der Waals surface area contributed by atoms with Gasteiger partial charge in [-0.3, -0.25) is 9.78 Å². The van der Waals surface area contributed by atoms with Crippen molar-refractivity contribution >= 4 is 16.8 Å². The van der Waals surface area contributed by atoms with Gasteiger partial charge in [0.2, 0.25) is 0 Å². The number of amides is 1. The smallest absolute Gasteiger partial charge is 0.253 e. The number of aryl methyl sites for hydroxylation is 1. The monoisotopic (exact) mass is 552 g/mol. The number of methoxy groups -OCH3 is 2. The van der Waals surface area contributed by atoms with Gasteiger partial charge < -0.3 is 23.8 Å². The van der Waals surface area contributed by atoms with Crippen LogP contribution in [0.1, 0.15) is 53.3 Å². The number of ether oxygens (including phenoxy) is 2. The van der Waals surface area contributed by atoms with Gasteiger partial charge in [-0.05, 0) is 81.6 Å². The molecule has 2 fully saturated rings. The Balaban J connectivity index is 1.14. The highest BCUT2D eigenvalue weighted by Gasteiger charge is 2.31. The lowest BCUT2D eigenvalue weighted by Crippen LogP contribution is -2.48. The molecule has 6 rings (SSSR count). The van der Waals surface area contributed by atoms with Crippen LogP contribution in [0.25, 0.3) is 22.0 Å². The SMILES string of the molecule is COc1ccc(-c2c(C)n(C)c3cnc(C4CCN(C5CCN(C(=O)c6ccccc6)CC5)CC4)cc23)cc1OC. The maximum Gasteiger partial charge on any atom is 0.253 e. The maximum atomic E-state index is 12.9. The van der Waals surface area contributed by atoms with Crippen molar-refractivity contribution in [3.8, 4) is 22.6 Å². The van der Waals surface area contributed by atoms with Crippen LogP contribution in [0.5, 0.6) is 11.5 Å². The zero-order valence-corrected chi connectivity index (χ0v) is 24.6. The molecule has 7 heteroatoms. The largest absolute Gasteiger partial charge is 0.493 e. The van der Waals surface area contributed by atoms with E-state index in [1.165, 1.54) is 22.3 Å². The Labute approximate surface area is 242 Å². The second-order valence-corrected chi connectivity index (χ2v) is 11.4. The van der Waals surface area contributed by atoms with Crippen molar-refractivity contribution in [2.75, 3.05) is 40.4 Å². The van der Waals surface area contributed by atoms with Crippen molar-refractivity contribution in [2.24, 2.45) is 7.05 Å². The third-order valence-corrected chi connectivity index (χ3v) is 9.31. The minimum atomic E-state index is 0.160. The highest BCUT2D eigenvalue weighted by Crippen LogP contribution is 2.40. The molecule has 41 heavy (non-hydrogen) atoms. The number of rotatable bonds is 6. The number of hydrogen-bond donors (Lipinski definition) is 0. The molecule has 4 heterocycles. The van der Waals surface area contributed by atoms with Gasteiger partial charge in [-0.1, -0.05) is 24.3 Å². The third kappa shape index (κ3) is 5.19. The van der Waals surface area contributed by atoms with E-state index in [-0.39, 0.29) is 5.91 Å². The van der Waals surface area contributed by atoms with Crippen LogP contribution in [0.2, 0.25) is 0 Å². The maximum absolute atomic E-state index is 12.9. The number of benzene rings is 2. The normalized spacial score (nSPS) is 17.2. The first-order valence-electron chi connectivity index (χ1n) is 14.7. The number of carbonyl (C=O) groups excluding carboxylic acids is 1. The van der Waals surface area contributed by atoms with Crippen LogP contribution >= 0.6 is 0 Å². The summed E-state index contributed by atoms with van der Waals surface area (Å²) in [4.78, 5) is 22.5. The lowest BCUT2D eigenvalue weighted by Gasteiger charge is -2.41. The van der Waals surface area contributed by atoms with E-state index in [1.807, 2.05) is 47.5 Å². The zero-order chi connectivity index (χ0) is 28.5. The molecule has 2 aliphatic rings. The van der Waals surface area contributed by atoms with Crippen LogP contribution in [0.15, 0.2) is 60.8 Å². The number of nitrogens with zero attached hydrogens (tertiary/aromatic N) is 4. The van der Waals surface area contributed by atoms with E-state index in [0.29, 0.717) is 12.0 Å². The van der Waals surface area contributed by atoms with Crippen LogP contribution < -0.4 is 9.47 Å². The topological polar surface area (TPSA) is 59.8 Å². The summed E-state index contributed by atoms with van der Waals surface area (Å²) in [5.41, 5.74) is 6.67. The Bertz CT molecular complexity index is 1530. The molecule has 2 saturated heterocycles. The average molecular weight is 553 g/mol. The predicted molar refractivity (Wildman–Crippen MR) is 163 cm³/mol. The molecular weight excluding hydrogens is 512 g/mol. The van der Waals surface area contributed by atoms with Crippen LogP contribution in [0.3, 0.4) is 0 Å². The lowest BCUT2D eigenvalue weighted by atomic mass is 9.90. The van der Waals surface area contributed by atoms with Crippen LogP contribution in [0.4, 0.5) is 0 Å². The molecule has 2 aromatic heterocycles. The molecule has 0 unspecified atom stereocenters. The molecular formula is C34H40N4O3. The van der Waals surface area contributed by atoms with Gasteiger partial charge in [-0.2, -0.15) is 0 Å². The summed E-state index contributed by atoms with van der Waals surface area (Å²) in [5, 5.41) is 1.24. The van der Waals surface area contributed by atoms with Gasteiger partial charge in [0.05, 0.1) is 25.9 Å². The second-order valence-electron chi connectivity index (χ2n) is 11.4. The van der Waals surface area contributed by atoms with E-state index in [0.717, 1.165) is 80.0 Å². The van der Waals surface area contributed by atoms with E-state index in [2.05, 4.69) is 41.6 Å². The second kappa shape index (κ2) is 11.6. The Morgan fingerprint density at radius 1 is 0.878 bits per heavy atom. The minimum absolute atomic E-state index is 0.160. The van der Waals surface area contributed by atoms with E-state index < -0.39 is 0 Å². The molecule has 0 saturated carbocycles. The Hall–Kier alpha value is -3.84. The summed E-state index contributed by atoms with van der Waals surface area (Å²) in [5.74, 6) is 2.08. The summed E-state index contributed by atoms with van der Waals surface area (Å²) >= 11 is 0. The van der Waals surface area contributed by atoms with Crippen molar-refractivity contribution in [1.82, 2.24) is 19.4 Å². The molecule has 0 bridgehead atoms. The molecule has 2 aliphatic heterocycles. The molecule has 0 atom stereocenters. The first-order chi connectivity index (χ1) is 20.0. The molecule has 1 amide bonds. The quantitative estimate of drug-likeness (QED) is 0.292. The number of fused-ring (bicyclic) bond motifs is 1. The summed E-state index contributed by atoms with van der Waals surface area (Å²) in [6.45, 7) is 6.00. The molecule has 4 aromatic rings. The van der Waals surface area contributed by atoms with E-state index in [4.69, 9.17) is 14.5 Å². The summed E-state index contributed by atoms with van der Waals surface area (Å²) in [6.07, 6.45) is 6.36. The Morgan fingerprint density at radius 3 is 2.27 bits per heavy atom. The summed E-state index contributed by atoms with van der Waals surface area (Å²) in [7, 11) is 5.46. The van der Waals surface area contributed by atoms with Gasteiger partial charge in [0.25, 0.3) is 5.91 Å². The highest BCUT2D eigenvalue weighted by atomic mass is 16.5.